The van der Waals surface area contributed by atoms with Crippen LogP contribution >= 0.6 is 0 Å². The van der Waals surface area contributed by atoms with E-state index in [9.17, 15) is 13.6 Å². The Labute approximate surface area is 117 Å². The van der Waals surface area contributed by atoms with Gasteiger partial charge in [-0.05, 0) is 31.6 Å². The van der Waals surface area contributed by atoms with E-state index < -0.39 is 11.6 Å². The number of amides is 1. The van der Waals surface area contributed by atoms with E-state index in [0.717, 1.165) is 38.2 Å². The second-order valence-electron chi connectivity index (χ2n) is 4.89. The van der Waals surface area contributed by atoms with Crippen molar-refractivity contribution in [3.8, 4) is 0 Å². The Kier molecular flexibility index (Phi) is 5.03. The Morgan fingerprint density at radius 1 is 1.45 bits per heavy atom. The van der Waals surface area contributed by atoms with Crippen molar-refractivity contribution in [2.45, 2.75) is 19.4 Å². The lowest BCUT2D eigenvalue weighted by Gasteiger charge is -2.26. The summed E-state index contributed by atoms with van der Waals surface area (Å²) >= 11 is 0. The van der Waals surface area contributed by atoms with Crippen molar-refractivity contribution in [3.63, 3.8) is 0 Å². The van der Waals surface area contributed by atoms with Gasteiger partial charge in [-0.25, -0.2) is 8.78 Å². The number of carbonyl (C=O) groups is 1. The lowest BCUT2D eigenvalue weighted by atomic mass is 10.2. The summed E-state index contributed by atoms with van der Waals surface area (Å²) in [5.41, 5.74) is 0.273. The Balaban J connectivity index is 1.91. The van der Waals surface area contributed by atoms with Crippen LogP contribution in [-0.2, 0) is 4.79 Å². The number of halogens is 2. The number of nitrogens with zero attached hydrogens (tertiary/aromatic N) is 1. The summed E-state index contributed by atoms with van der Waals surface area (Å²) in [6.07, 6.45) is 1.02. The fraction of sp³-hybridized carbons (Fsp3) is 0.500. The minimum Gasteiger partial charge on any atom is -0.325 e. The number of likely N-dealkylation sites (N-methyl/N-ethyl adjacent to an activating group) is 1. The molecular formula is C14H19F2N3O. The normalized spacial score (nSPS) is 18.5. The highest BCUT2D eigenvalue weighted by Gasteiger charge is 2.22. The van der Waals surface area contributed by atoms with E-state index in [4.69, 9.17) is 0 Å². The van der Waals surface area contributed by atoms with Crippen LogP contribution in [0, 0.1) is 11.6 Å². The number of rotatable bonds is 5. The number of hydrogen-bond acceptors (Lipinski definition) is 3. The predicted molar refractivity (Wildman–Crippen MR) is 73.5 cm³/mol. The van der Waals surface area contributed by atoms with Crippen LogP contribution in [0.4, 0.5) is 14.5 Å². The van der Waals surface area contributed by atoms with Gasteiger partial charge >= 0.3 is 0 Å². The Morgan fingerprint density at radius 3 is 2.85 bits per heavy atom. The molecule has 0 aromatic heterocycles. The summed E-state index contributed by atoms with van der Waals surface area (Å²) < 4.78 is 25.9. The van der Waals surface area contributed by atoms with Crippen molar-refractivity contribution in [1.82, 2.24) is 10.2 Å². The van der Waals surface area contributed by atoms with Crippen LogP contribution in [0.2, 0.25) is 0 Å². The molecule has 1 aliphatic rings. The average Bonchev–Trinajstić information content (AvgIpc) is 2.94. The SMILES string of the molecule is CCN(CC(=O)Nc1ccc(F)c(F)c1)C1CCNC1. The molecule has 6 heteroatoms. The third-order valence-corrected chi connectivity index (χ3v) is 3.51. The molecule has 0 spiro atoms. The molecule has 1 amide bonds. The molecule has 20 heavy (non-hydrogen) atoms. The quantitative estimate of drug-likeness (QED) is 0.862. The molecule has 2 rings (SSSR count). The molecule has 0 radical (unpaired) electrons. The van der Waals surface area contributed by atoms with Crippen molar-refractivity contribution in [2.24, 2.45) is 0 Å². The van der Waals surface area contributed by atoms with Crippen molar-refractivity contribution >= 4 is 11.6 Å². The highest BCUT2D eigenvalue weighted by atomic mass is 19.2. The van der Waals surface area contributed by atoms with Crippen LogP contribution in [0.3, 0.4) is 0 Å². The first kappa shape index (κ1) is 14.9. The second-order valence-corrected chi connectivity index (χ2v) is 4.89. The van der Waals surface area contributed by atoms with Crippen LogP contribution < -0.4 is 10.6 Å². The van der Waals surface area contributed by atoms with Gasteiger partial charge in [-0.15, -0.1) is 0 Å². The maximum Gasteiger partial charge on any atom is 0.238 e. The Hall–Kier alpha value is -1.53. The fourth-order valence-corrected chi connectivity index (χ4v) is 2.41. The van der Waals surface area contributed by atoms with Crippen LogP contribution in [-0.4, -0.2) is 43.0 Å². The zero-order valence-corrected chi connectivity index (χ0v) is 11.5. The third kappa shape index (κ3) is 3.74. The second kappa shape index (κ2) is 6.76. The van der Waals surface area contributed by atoms with E-state index in [1.54, 1.807) is 0 Å². The topological polar surface area (TPSA) is 44.4 Å². The van der Waals surface area contributed by atoms with E-state index in [1.165, 1.54) is 6.07 Å². The number of carbonyl (C=O) groups excluding carboxylic acids is 1. The van der Waals surface area contributed by atoms with Crippen molar-refractivity contribution < 1.29 is 13.6 Å². The first-order chi connectivity index (χ1) is 9.60. The summed E-state index contributed by atoms with van der Waals surface area (Å²) in [5.74, 6) is -2.10. The molecule has 0 saturated carbocycles. The monoisotopic (exact) mass is 283 g/mol. The van der Waals surface area contributed by atoms with Crippen LogP contribution in [0.25, 0.3) is 0 Å². The number of nitrogens with one attached hydrogen (secondary N) is 2. The highest BCUT2D eigenvalue weighted by Crippen LogP contribution is 2.13. The van der Waals surface area contributed by atoms with E-state index in [2.05, 4.69) is 15.5 Å². The van der Waals surface area contributed by atoms with Crippen LogP contribution in [0.15, 0.2) is 18.2 Å². The molecule has 1 atom stereocenters. The molecule has 1 saturated heterocycles. The summed E-state index contributed by atoms with van der Waals surface area (Å²) in [7, 11) is 0. The molecule has 1 unspecified atom stereocenters. The maximum atomic E-state index is 13.1. The first-order valence-electron chi connectivity index (χ1n) is 6.80. The van der Waals surface area contributed by atoms with Crippen molar-refractivity contribution in [3.05, 3.63) is 29.8 Å². The predicted octanol–water partition coefficient (Wildman–Crippen LogP) is 1.59. The molecule has 1 aliphatic heterocycles. The zero-order chi connectivity index (χ0) is 14.5. The van der Waals surface area contributed by atoms with Crippen LogP contribution in [0.1, 0.15) is 13.3 Å². The summed E-state index contributed by atoms with van der Waals surface area (Å²) in [4.78, 5) is 14.0. The van der Waals surface area contributed by atoms with Gasteiger partial charge in [0.25, 0.3) is 0 Å². The van der Waals surface area contributed by atoms with Crippen molar-refractivity contribution in [1.29, 1.82) is 0 Å². The third-order valence-electron chi connectivity index (χ3n) is 3.51. The molecule has 0 aliphatic carbocycles. The molecule has 1 aromatic rings. The Morgan fingerprint density at radius 2 is 2.25 bits per heavy atom. The number of anilines is 1. The van der Waals surface area contributed by atoms with E-state index >= 15 is 0 Å². The molecule has 2 N–H and O–H groups in total. The van der Waals surface area contributed by atoms with E-state index in [-0.39, 0.29) is 18.1 Å². The number of hydrogen-bond donors (Lipinski definition) is 2. The van der Waals surface area contributed by atoms with Gasteiger partial charge in [-0.1, -0.05) is 6.92 Å². The fourth-order valence-electron chi connectivity index (χ4n) is 2.41. The minimum atomic E-state index is -0.963. The van der Waals surface area contributed by atoms with Gasteiger partial charge in [0, 0.05) is 24.3 Å². The van der Waals surface area contributed by atoms with Gasteiger partial charge in [0.1, 0.15) is 0 Å². The number of benzene rings is 1. The van der Waals surface area contributed by atoms with Gasteiger partial charge in [0.2, 0.25) is 5.91 Å². The van der Waals surface area contributed by atoms with Gasteiger partial charge in [-0.2, -0.15) is 0 Å². The molecular weight excluding hydrogens is 264 g/mol. The minimum absolute atomic E-state index is 0.218. The van der Waals surface area contributed by atoms with Gasteiger partial charge in [-0.3, -0.25) is 9.69 Å². The van der Waals surface area contributed by atoms with E-state index in [0.29, 0.717) is 6.04 Å². The lowest BCUT2D eigenvalue weighted by Crippen LogP contribution is -2.41. The highest BCUT2D eigenvalue weighted by molar-refractivity contribution is 5.92. The molecule has 4 nitrogen and oxygen atoms in total. The molecule has 1 fully saturated rings. The van der Waals surface area contributed by atoms with Gasteiger partial charge in [0.15, 0.2) is 11.6 Å². The van der Waals surface area contributed by atoms with Gasteiger partial charge in [0.05, 0.1) is 6.54 Å². The molecule has 1 heterocycles. The maximum absolute atomic E-state index is 13.1. The lowest BCUT2D eigenvalue weighted by molar-refractivity contribution is -0.117. The smallest absolute Gasteiger partial charge is 0.238 e. The van der Waals surface area contributed by atoms with Crippen LogP contribution in [0.5, 0.6) is 0 Å². The van der Waals surface area contributed by atoms with Gasteiger partial charge < -0.3 is 10.6 Å². The molecule has 0 bridgehead atoms. The first-order valence-corrected chi connectivity index (χ1v) is 6.80. The summed E-state index contributed by atoms with van der Waals surface area (Å²) in [6, 6.07) is 3.70. The summed E-state index contributed by atoms with van der Waals surface area (Å²) in [5, 5.41) is 5.85. The average molecular weight is 283 g/mol. The standard InChI is InChI=1S/C14H19F2N3O/c1-2-19(11-5-6-17-8-11)9-14(20)18-10-3-4-12(15)13(16)7-10/h3-4,7,11,17H,2,5-6,8-9H2,1H3,(H,18,20). The van der Waals surface area contributed by atoms with Crippen molar-refractivity contribution in [2.75, 3.05) is 31.5 Å². The largest absolute Gasteiger partial charge is 0.325 e. The summed E-state index contributed by atoms with van der Waals surface area (Å²) in [6.45, 7) is 4.88. The Bertz CT molecular complexity index is 475. The molecule has 1 aromatic carbocycles. The molecule has 110 valence electrons. The zero-order valence-electron chi connectivity index (χ0n) is 11.5. The van der Waals surface area contributed by atoms with E-state index in [1.807, 2.05) is 6.92 Å².